The Bertz CT molecular complexity index is 626. The lowest BCUT2D eigenvalue weighted by Gasteiger charge is -2.39. The maximum Gasteiger partial charge on any atom is 0.490 e. The first-order valence-corrected chi connectivity index (χ1v) is 9.70. The van der Waals surface area contributed by atoms with Crippen molar-refractivity contribution in [2.45, 2.75) is 57.5 Å². The van der Waals surface area contributed by atoms with E-state index >= 15 is 0 Å². The first-order valence-electron chi connectivity index (χ1n) is 8.82. The summed E-state index contributed by atoms with van der Waals surface area (Å²) in [4.78, 5) is 17.2. The normalized spacial score (nSPS) is 26.0. The van der Waals surface area contributed by atoms with Gasteiger partial charge in [0, 0.05) is 31.0 Å². The SMILES string of the molecule is CCO[C@@H]1CO[C@@]2(CCCN(Cc3scnc3C)C2)C1.O=C(O)C(F)(F)F. The topological polar surface area (TPSA) is 71.9 Å². The highest BCUT2D eigenvalue weighted by Gasteiger charge is 2.43. The first-order chi connectivity index (χ1) is 12.6. The van der Waals surface area contributed by atoms with Crippen molar-refractivity contribution in [3.05, 3.63) is 16.1 Å². The Morgan fingerprint density at radius 1 is 1.56 bits per heavy atom. The van der Waals surface area contributed by atoms with Crippen LogP contribution < -0.4 is 0 Å². The zero-order valence-corrected chi connectivity index (χ0v) is 16.2. The van der Waals surface area contributed by atoms with E-state index in [2.05, 4.69) is 23.7 Å². The molecule has 0 saturated carbocycles. The number of likely N-dealkylation sites (tertiary alicyclic amines) is 1. The second kappa shape index (κ2) is 9.31. The van der Waals surface area contributed by atoms with E-state index in [4.69, 9.17) is 19.4 Å². The van der Waals surface area contributed by atoms with Gasteiger partial charge in [-0.25, -0.2) is 9.78 Å². The summed E-state index contributed by atoms with van der Waals surface area (Å²) >= 11 is 1.76. The number of carbonyl (C=O) groups is 1. The van der Waals surface area contributed by atoms with Crippen molar-refractivity contribution < 1.29 is 32.5 Å². The molecule has 0 radical (unpaired) electrons. The Kier molecular flexibility index (Phi) is 7.61. The molecule has 10 heteroatoms. The number of ether oxygens (including phenoxy) is 2. The largest absolute Gasteiger partial charge is 0.490 e. The number of thiazole rings is 1. The number of carboxylic acid groups (broad SMARTS) is 1. The fourth-order valence-electron chi connectivity index (χ4n) is 3.44. The molecule has 1 spiro atoms. The minimum atomic E-state index is -5.08. The molecular weight excluding hydrogens is 385 g/mol. The molecule has 27 heavy (non-hydrogen) atoms. The van der Waals surface area contributed by atoms with E-state index < -0.39 is 12.1 Å². The van der Waals surface area contributed by atoms with Crippen LogP contribution in [0.15, 0.2) is 5.51 Å². The molecule has 3 heterocycles. The second-order valence-electron chi connectivity index (χ2n) is 6.75. The van der Waals surface area contributed by atoms with E-state index in [9.17, 15) is 13.2 Å². The Hall–Kier alpha value is -1.23. The van der Waals surface area contributed by atoms with Gasteiger partial charge in [-0.05, 0) is 33.2 Å². The van der Waals surface area contributed by atoms with Crippen LogP contribution in [0.3, 0.4) is 0 Å². The molecule has 0 unspecified atom stereocenters. The van der Waals surface area contributed by atoms with Gasteiger partial charge < -0.3 is 14.6 Å². The van der Waals surface area contributed by atoms with Gasteiger partial charge in [0.15, 0.2) is 0 Å². The van der Waals surface area contributed by atoms with E-state index in [1.54, 1.807) is 11.3 Å². The van der Waals surface area contributed by atoms with Crippen molar-refractivity contribution >= 4 is 17.3 Å². The minimum Gasteiger partial charge on any atom is -0.475 e. The predicted octanol–water partition coefficient (Wildman–Crippen LogP) is 3.24. The van der Waals surface area contributed by atoms with Gasteiger partial charge in [0.05, 0.1) is 29.5 Å². The number of rotatable bonds is 4. The Morgan fingerprint density at radius 3 is 2.81 bits per heavy atom. The zero-order valence-electron chi connectivity index (χ0n) is 15.4. The Labute approximate surface area is 160 Å². The summed E-state index contributed by atoms with van der Waals surface area (Å²) in [6, 6.07) is 0. The molecule has 2 aliphatic heterocycles. The van der Waals surface area contributed by atoms with Crippen LogP contribution in [0.4, 0.5) is 13.2 Å². The van der Waals surface area contributed by atoms with Crippen LogP contribution in [-0.2, 0) is 20.8 Å². The summed E-state index contributed by atoms with van der Waals surface area (Å²) in [7, 11) is 0. The molecule has 0 amide bonds. The number of halogens is 3. The van der Waals surface area contributed by atoms with Crippen molar-refractivity contribution in [2.75, 3.05) is 26.3 Å². The molecule has 0 aliphatic carbocycles. The number of alkyl halides is 3. The summed E-state index contributed by atoms with van der Waals surface area (Å²) in [6.45, 7) is 8.93. The first kappa shape index (κ1) is 22.1. The van der Waals surface area contributed by atoms with Crippen molar-refractivity contribution in [3.8, 4) is 0 Å². The lowest BCUT2D eigenvalue weighted by Crippen LogP contribution is -2.47. The summed E-state index contributed by atoms with van der Waals surface area (Å²) in [5, 5.41) is 7.12. The quantitative estimate of drug-likeness (QED) is 0.822. The van der Waals surface area contributed by atoms with Gasteiger partial charge in [0.2, 0.25) is 0 Å². The van der Waals surface area contributed by atoms with Crippen LogP contribution >= 0.6 is 11.3 Å². The highest BCUT2D eigenvalue weighted by Crippen LogP contribution is 2.36. The van der Waals surface area contributed by atoms with Crippen LogP contribution in [0.5, 0.6) is 0 Å². The van der Waals surface area contributed by atoms with E-state index in [0.717, 1.165) is 32.7 Å². The van der Waals surface area contributed by atoms with Gasteiger partial charge in [0.1, 0.15) is 0 Å². The smallest absolute Gasteiger partial charge is 0.475 e. The van der Waals surface area contributed by atoms with Crippen LogP contribution in [0.25, 0.3) is 0 Å². The second-order valence-corrected chi connectivity index (χ2v) is 7.69. The van der Waals surface area contributed by atoms with E-state index in [-0.39, 0.29) is 5.60 Å². The lowest BCUT2D eigenvalue weighted by atomic mass is 9.89. The summed E-state index contributed by atoms with van der Waals surface area (Å²) in [6.07, 6.45) is -1.34. The average Bonchev–Trinajstić information content (AvgIpc) is 3.15. The lowest BCUT2D eigenvalue weighted by molar-refractivity contribution is -0.192. The molecule has 1 aromatic heterocycles. The number of aromatic nitrogens is 1. The fraction of sp³-hybridized carbons (Fsp3) is 0.765. The van der Waals surface area contributed by atoms with Crippen molar-refractivity contribution in [1.29, 1.82) is 0 Å². The van der Waals surface area contributed by atoms with Crippen LogP contribution in [0.2, 0.25) is 0 Å². The third-order valence-corrected chi connectivity index (χ3v) is 5.57. The summed E-state index contributed by atoms with van der Waals surface area (Å²) < 4.78 is 43.6. The average molecular weight is 410 g/mol. The fourth-order valence-corrected chi connectivity index (χ4v) is 4.25. The predicted molar refractivity (Wildman–Crippen MR) is 93.8 cm³/mol. The number of carboxylic acids is 1. The number of aryl methyl sites for hydroxylation is 1. The van der Waals surface area contributed by atoms with E-state index in [1.165, 1.54) is 30.0 Å². The van der Waals surface area contributed by atoms with Crippen molar-refractivity contribution in [1.82, 2.24) is 9.88 Å². The molecule has 0 aromatic carbocycles. The summed E-state index contributed by atoms with van der Waals surface area (Å²) in [5.74, 6) is -2.76. The Morgan fingerprint density at radius 2 is 2.26 bits per heavy atom. The van der Waals surface area contributed by atoms with Crippen LogP contribution in [0, 0.1) is 6.92 Å². The van der Waals surface area contributed by atoms with E-state index in [0.29, 0.717) is 6.10 Å². The number of nitrogens with zero attached hydrogens (tertiary/aromatic N) is 2. The molecule has 3 rings (SSSR count). The van der Waals surface area contributed by atoms with E-state index in [1.807, 2.05) is 5.51 Å². The van der Waals surface area contributed by atoms with Gasteiger partial charge in [-0.15, -0.1) is 11.3 Å². The maximum atomic E-state index is 10.6. The number of piperidine rings is 1. The molecule has 1 N–H and O–H groups in total. The van der Waals surface area contributed by atoms with Gasteiger partial charge in [-0.3, -0.25) is 4.90 Å². The number of aliphatic carboxylic acids is 1. The third kappa shape index (κ3) is 6.41. The molecule has 6 nitrogen and oxygen atoms in total. The zero-order chi connectivity index (χ0) is 20.1. The molecule has 2 fully saturated rings. The number of hydrogen-bond donors (Lipinski definition) is 1. The van der Waals surface area contributed by atoms with Gasteiger partial charge in [-0.2, -0.15) is 13.2 Å². The highest BCUT2D eigenvalue weighted by atomic mass is 32.1. The molecule has 1 aromatic rings. The number of hydrogen-bond acceptors (Lipinski definition) is 6. The molecular formula is C17H25F3N2O4S. The van der Waals surface area contributed by atoms with Gasteiger partial charge in [0.25, 0.3) is 0 Å². The van der Waals surface area contributed by atoms with Crippen LogP contribution in [0.1, 0.15) is 36.8 Å². The monoisotopic (exact) mass is 410 g/mol. The molecule has 2 aliphatic rings. The Balaban J connectivity index is 0.000000321. The van der Waals surface area contributed by atoms with Crippen LogP contribution in [-0.4, -0.2) is 65.1 Å². The maximum absolute atomic E-state index is 10.6. The highest BCUT2D eigenvalue weighted by molar-refractivity contribution is 7.09. The van der Waals surface area contributed by atoms with Gasteiger partial charge in [-0.1, -0.05) is 0 Å². The molecule has 2 atom stereocenters. The minimum absolute atomic E-state index is 0.0384. The molecule has 2 saturated heterocycles. The molecule has 0 bridgehead atoms. The standard InChI is InChI=1S/C15H24N2O2S.C2HF3O2/c1-3-18-13-7-15(19-9-13)5-4-6-17(10-15)8-14-12(2)16-11-20-14;3-2(4,5)1(6)7/h11,13H,3-10H2,1-2H3;(H,6,7)/t13-,15-;/m0./s1. The third-order valence-electron chi connectivity index (χ3n) is 4.65. The summed E-state index contributed by atoms with van der Waals surface area (Å²) in [5.41, 5.74) is 3.16. The molecule has 154 valence electrons. The van der Waals surface area contributed by atoms with Crippen molar-refractivity contribution in [3.63, 3.8) is 0 Å². The van der Waals surface area contributed by atoms with Crippen molar-refractivity contribution in [2.24, 2.45) is 0 Å². The van der Waals surface area contributed by atoms with Gasteiger partial charge >= 0.3 is 12.1 Å².